The van der Waals surface area contributed by atoms with Gasteiger partial charge in [-0.25, -0.2) is 17.9 Å². The Bertz CT molecular complexity index is 724. The molecule has 0 saturated heterocycles. The van der Waals surface area contributed by atoms with Crippen molar-refractivity contribution >= 4 is 27.6 Å². The smallest absolute Gasteiger partial charge is 0.341 e. The van der Waals surface area contributed by atoms with Gasteiger partial charge in [0.15, 0.2) is 6.61 Å². The van der Waals surface area contributed by atoms with Gasteiger partial charge in [-0.05, 0) is 55.9 Å². The molecule has 0 atom stereocenters. The summed E-state index contributed by atoms with van der Waals surface area (Å²) < 4.78 is 31.9. The van der Waals surface area contributed by atoms with Crippen LogP contribution in [0.1, 0.15) is 32.6 Å². The van der Waals surface area contributed by atoms with Gasteiger partial charge < -0.3 is 15.2 Å². The molecule has 1 aromatic rings. The molecule has 1 saturated carbocycles. The zero-order valence-electron chi connectivity index (χ0n) is 14.6. The van der Waals surface area contributed by atoms with Crippen LogP contribution in [-0.2, 0) is 19.6 Å². The van der Waals surface area contributed by atoms with Crippen LogP contribution in [0.2, 0.25) is 0 Å². The van der Waals surface area contributed by atoms with E-state index in [9.17, 15) is 18.0 Å². The van der Waals surface area contributed by atoms with Gasteiger partial charge in [-0.3, -0.25) is 4.79 Å². The normalized spacial score (nSPS) is 20.3. The van der Waals surface area contributed by atoms with Crippen LogP contribution < -0.4 is 14.8 Å². The Hall–Kier alpha value is -2.13. The summed E-state index contributed by atoms with van der Waals surface area (Å²) in [5.74, 6) is -1.42. The van der Waals surface area contributed by atoms with Crippen molar-refractivity contribution in [2.75, 3.05) is 17.7 Å². The Morgan fingerprint density at radius 1 is 1.15 bits per heavy atom. The molecule has 1 amide bonds. The maximum atomic E-state index is 12.1. The number of hydrogen-bond donors (Lipinski definition) is 3. The summed E-state index contributed by atoms with van der Waals surface area (Å²) in [7, 11) is -3.70. The Labute approximate surface area is 153 Å². The molecular weight excluding hydrogens is 360 g/mol. The highest BCUT2D eigenvalue weighted by Gasteiger charge is 2.24. The molecule has 0 heterocycles. The van der Waals surface area contributed by atoms with Crippen LogP contribution >= 0.6 is 0 Å². The lowest BCUT2D eigenvalue weighted by Crippen LogP contribution is -2.41. The number of amides is 1. The summed E-state index contributed by atoms with van der Waals surface area (Å²) in [4.78, 5) is 22.4. The summed E-state index contributed by atoms with van der Waals surface area (Å²) in [6, 6.07) is 5.91. The first-order valence-electron chi connectivity index (χ1n) is 8.48. The molecule has 1 aliphatic carbocycles. The number of rotatable bonds is 8. The molecule has 0 radical (unpaired) electrons. The van der Waals surface area contributed by atoms with E-state index >= 15 is 0 Å². The lowest BCUT2D eigenvalue weighted by atomic mass is 9.88. The number of anilines is 1. The summed E-state index contributed by atoms with van der Waals surface area (Å²) >= 11 is 0. The van der Waals surface area contributed by atoms with Crippen molar-refractivity contribution in [1.29, 1.82) is 0 Å². The van der Waals surface area contributed by atoms with Crippen LogP contribution in [0.3, 0.4) is 0 Å². The molecular formula is C17H24N2O6S. The van der Waals surface area contributed by atoms with E-state index in [1.165, 1.54) is 24.3 Å². The van der Waals surface area contributed by atoms with E-state index in [1.54, 1.807) is 0 Å². The summed E-state index contributed by atoms with van der Waals surface area (Å²) in [6.45, 7) is 1.69. The number of carboxylic acid groups (broad SMARTS) is 1. The van der Waals surface area contributed by atoms with Crippen molar-refractivity contribution < 1.29 is 27.9 Å². The highest BCUT2D eigenvalue weighted by molar-refractivity contribution is 7.90. The minimum Gasteiger partial charge on any atom is -0.482 e. The topological polar surface area (TPSA) is 122 Å². The largest absolute Gasteiger partial charge is 0.482 e. The predicted molar refractivity (Wildman–Crippen MR) is 96.5 cm³/mol. The monoisotopic (exact) mass is 384 g/mol. The van der Waals surface area contributed by atoms with Gasteiger partial charge in [-0.1, -0.05) is 6.92 Å². The maximum Gasteiger partial charge on any atom is 0.341 e. The van der Waals surface area contributed by atoms with Crippen LogP contribution in [0, 0.1) is 5.92 Å². The van der Waals surface area contributed by atoms with Gasteiger partial charge >= 0.3 is 5.97 Å². The van der Waals surface area contributed by atoms with Gasteiger partial charge in [0, 0.05) is 11.7 Å². The number of carboxylic acids is 1. The molecule has 0 aromatic heterocycles. The van der Waals surface area contributed by atoms with Crippen molar-refractivity contribution in [1.82, 2.24) is 4.72 Å². The van der Waals surface area contributed by atoms with Crippen LogP contribution in [0.5, 0.6) is 5.75 Å². The van der Waals surface area contributed by atoms with Gasteiger partial charge in [0.05, 0.1) is 0 Å². The molecule has 3 N–H and O–H groups in total. The number of sulfonamides is 1. The van der Waals surface area contributed by atoms with Crippen molar-refractivity contribution in [3.05, 3.63) is 24.3 Å². The Kier molecular flexibility index (Phi) is 6.98. The van der Waals surface area contributed by atoms with Crippen LogP contribution in [0.25, 0.3) is 0 Å². The standard InChI is InChI=1S/C17H24N2O6S/c1-12-2-4-14(5-3-12)19-26(23,24)11-16(20)18-13-6-8-15(9-7-13)25-10-17(21)22/h6-9,12,14,19H,2-5,10-11H2,1H3,(H,18,20)(H,21,22). The molecule has 1 aromatic carbocycles. The zero-order valence-corrected chi connectivity index (χ0v) is 15.4. The van der Waals surface area contributed by atoms with E-state index in [1.807, 2.05) is 0 Å². The molecule has 26 heavy (non-hydrogen) atoms. The van der Waals surface area contributed by atoms with E-state index in [4.69, 9.17) is 9.84 Å². The van der Waals surface area contributed by atoms with Gasteiger partial charge in [0.2, 0.25) is 15.9 Å². The van der Waals surface area contributed by atoms with E-state index in [-0.39, 0.29) is 6.04 Å². The Balaban J connectivity index is 1.82. The molecule has 144 valence electrons. The first-order chi connectivity index (χ1) is 12.2. The lowest BCUT2D eigenvalue weighted by Gasteiger charge is -2.26. The molecule has 9 heteroatoms. The second kappa shape index (κ2) is 9.00. The van der Waals surface area contributed by atoms with Gasteiger partial charge in [0.1, 0.15) is 11.5 Å². The number of ether oxygens (including phenoxy) is 1. The molecule has 0 bridgehead atoms. The van der Waals surface area contributed by atoms with Gasteiger partial charge in [-0.15, -0.1) is 0 Å². The van der Waals surface area contributed by atoms with Crippen LogP contribution in [0.15, 0.2) is 24.3 Å². The van der Waals surface area contributed by atoms with Crippen molar-refractivity contribution in [2.24, 2.45) is 5.92 Å². The van der Waals surface area contributed by atoms with Crippen molar-refractivity contribution in [2.45, 2.75) is 38.6 Å². The summed E-state index contributed by atoms with van der Waals surface area (Å²) in [5, 5.41) is 11.0. The SMILES string of the molecule is CC1CCC(NS(=O)(=O)CC(=O)Nc2ccc(OCC(=O)O)cc2)CC1. The maximum absolute atomic E-state index is 12.1. The minimum absolute atomic E-state index is 0.102. The summed E-state index contributed by atoms with van der Waals surface area (Å²) in [5.41, 5.74) is 0.402. The van der Waals surface area contributed by atoms with Gasteiger partial charge in [0.25, 0.3) is 0 Å². The first-order valence-corrected chi connectivity index (χ1v) is 10.1. The molecule has 0 aliphatic heterocycles. The zero-order chi connectivity index (χ0) is 19.2. The fraction of sp³-hybridized carbons (Fsp3) is 0.529. The van der Waals surface area contributed by atoms with E-state index in [2.05, 4.69) is 17.0 Å². The molecule has 1 aliphatic rings. The average Bonchev–Trinajstić information content (AvgIpc) is 2.55. The fourth-order valence-electron chi connectivity index (χ4n) is 2.82. The molecule has 2 rings (SSSR count). The number of aliphatic carboxylic acids is 1. The third-order valence-electron chi connectivity index (χ3n) is 4.18. The minimum atomic E-state index is -3.70. The van der Waals surface area contributed by atoms with Crippen molar-refractivity contribution in [3.63, 3.8) is 0 Å². The van der Waals surface area contributed by atoms with Crippen LogP contribution in [0.4, 0.5) is 5.69 Å². The average molecular weight is 384 g/mol. The predicted octanol–water partition coefficient (Wildman–Crippen LogP) is 1.59. The van der Waals surface area contributed by atoms with Gasteiger partial charge in [-0.2, -0.15) is 0 Å². The van der Waals surface area contributed by atoms with Crippen LogP contribution in [-0.4, -0.2) is 43.8 Å². The number of nitrogens with one attached hydrogen (secondary N) is 2. The number of hydrogen-bond acceptors (Lipinski definition) is 5. The first kappa shape index (κ1) is 20.2. The highest BCUT2D eigenvalue weighted by atomic mass is 32.2. The second-order valence-electron chi connectivity index (χ2n) is 6.59. The van der Waals surface area contributed by atoms with E-state index in [0.29, 0.717) is 17.4 Å². The third-order valence-corrected chi connectivity index (χ3v) is 5.52. The molecule has 8 nitrogen and oxygen atoms in total. The number of carbonyl (C=O) groups excluding carboxylic acids is 1. The number of benzene rings is 1. The third kappa shape index (κ3) is 7.01. The molecule has 1 fully saturated rings. The summed E-state index contributed by atoms with van der Waals surface area (Å²) in [6.07, 6.45) is 3.55. The van der Waals surface area contributed by atoms with E-state index in [0.717, 1.165) is 25.7 Å². The Morgan fingerprint density at radius 2 is 1.77 bits per heavy atom. The lowest BCUT2D eigenvalue weighted by molar-refractivity contribution is -0.139. The highest BCUT2D eigenvalue weighted by Crippen LogP contribution is 2.24. The quantitative estimate of drug-likeness (QED) is 0.626. The number of carbonyl (C=O) groups is 2. The van der Waals surface area contributed by atoms with Crippen molar-refractivity contribution in [3.8, 4) is 5.75 Å². The molecule has 0 unspecified atom stereocenters. The molecule has 0 spiro atoms. The fourth-order valence-corrected chi connectivity index (χ4v) is 4.07. The second-order valence-corrected chi connectivity index (χ2v) is 8.34. The van der Waals surface area contributed by atoms with E-state index < -0.39 is 34.3 Å². The Morgan fingerprint density at radius 3 is 2.35 bits per heavy atom.